The first-order chi connectivity index (χ1) is 18.0. The molecule has 0 aliphatic heterocycles. The highest BCUT2D eigenvalue weighted by atomic mass is 16.6. The largest absolute Gasteiger partial charge is 0.460 e. The molecule has 0 aliphatic carbocycles. The number of isocyanates is 1. The summed E-state index contributed by atoms with van der Waals surface area (Å²) in [6, 6.07) is 18.0. The van der Waals surface area contributed by atoms with Crippen LogP contribution in [-0.4, -0.2) is 41.6 Å². The first kappa shape index (κ1) is 29.9. The number of unbranched alkanes of at least 4 members (excludes halogenated alkanes) is 4. The highest BCUT2D eigenvalue weighted by Crippen LogP contribution is 2.21. The molecule has 200 valence electrons. The van der Waals surface area contributed by atoms with Gasteiger partial charge in [0.15, 0.2) is 6.61 Å². The third kappa shape index (κ3) is 11.5. The summed E-state index contributed by atoms with van der Waals surface area (Å²) in [6.07, 6.45) is 6.94. The van der Waals surface area contributed by atoms with Crippen LogP contribution in [0.5, 0.6) is 0 Å². The van der Waals surface area contributed by atoms with Crippen LogP contribution >= 0.6 is 0 Å². The minimum Gasteiger partial charge on any atom is -0.460 e. The summed E-state index contributed by atoms with van der Waals surface area (Å²) >= 11 is 0. The van der Waals surface area contributed by atoms with E-state index in [9.17, 15) is 19.5 Å². The van der Waals surface area contributed by atoms with Gasteiger partial charge in [0.1, 0.15) is 6.61 Å². The lowest BCUT2D eigenvalue weighted by atomic mass is 10.1. The van der Waals surface area contributed by atoms with E-state index in [1.165, 1.54) is 12.5 Å². The summed E-state index contributed by atoms with van der Waals surface area (Å²) in [7, 11) is 0. The molecule has 0 bridgehead atoms. The number of carbonyl (C=O) groups is 2. The van der Waals surface area contributed by atoms with Crippen LogP contribution in [0.25, 0.3) is 0 Å². The Morgan fingerprint density at radius 3 is 2.14 bits per heavy atom. The monoisotopic (exact) mass is 511 g/mol. The van der Waals surface area contributed by atoms with Crippen LogP contribution in [0.2, 0.25) is 0 Å². The zero-order valence-electron chi connectivity index (χ0n) is 21.5. The Morgan fingerprint density at radius 2 is 1.51 bits per heavy atom. The predicted octanol–water partition coefficient (Wildman–Crippen LogP) is 5.02. The van der Waals surface area contributed by atoms with E-state index in [1.54, 1.807) is 48.5 Å². The molecule has 0 saturated carbocycles. The summed E-state index contributed by atoms with van der Waals surface area (Å²) in [6.45, 7) is 1.32. The Bertz CT molecular complexity index is 976. The van der Waals surface area contributed by atoms with E-state index in [2.05, 4.69) is 11.9 Å². The number of benzene rings is 2. The number of aliphatic hydroxyl groups is 1. The average Bonchev–Trinajstić information content (AvgIpc) is 2.93. The number of ether oxygens (including phenoxy) is 3. The van der Waals surface area contributed by atoms with E-state index in [0.29, 0.717) is 6.42 Å². The minimum absolute atomic E-state index is 0.0469. The predicted molar refractivity (Wildman–Crippen MR) is 138 cm³/mol. The normalized spacial score (nSPS) is 13.1. The minimum atomic E-state index is -2.21. The molecule has 37 heavy (non-hydrogen) atoms. The third-order valence-corrected chi connectivity index (χ3v) is 5.83. The maximum atomic E-state index is 13.1. The lowest BCUT2D eigenvalue weighted by Crippen LogP contribution is -2.46. The van der Waals surface area contributed by atoms with E-state index in [0.717, 1.165) is 36.8 Å². The molecule has 0 fully saturated rings. The van der Waals surface area contributed by atoms with Crippen molar-refractivity contribution in [3.8, 4) is 0 Å². The molecular formula is C29H37NO7. The number of aliphatic hydroxyl groups excluding tert-OH is 1. The van der Waals surface area contributed by atoms with Crippen molar-refractivity contribution in [2.24, 2.45) is 4.99 Å². The van der Waals surface area contributed by atoms with Crippen LogP contribution < -0.4 is 0 Å². The quantitative estimate of drug-likeness (QED) is 0.129. The van der Waals surface area contributed by atoms with Gasteiger partial charge in [-0.2, -0.15) is 4.99 Å². The first-order valence-corrected chi connectivity index (χ1v) is 12.8. The number of carbonyl (C=O) groups excluding carboxylic acids is 3. The van der Waals surface area contributed by atoms with E-state index >= 15 is 0 Å². The molecule has 0 heterocycles. The molecule has 1 N–H and O–H groups in total. The van der Waals surface area contributed by atoms with Crippen molar-refractivity contribution >= 4 is 18.0 Å². The second-order valence-electron chi connectivity index (χ2n) is 8.88. The van der Waals surface area contributed by atoms with Gasteiger partial charge in [0, 0.05) is 6.42 Å². The lowest BCUT2D eigenvalue weighted by Gasteiger charge is -2.26. The van der Waals surface area contributed by atoms with Crippen molar-refractivity contribution in [1.29, 1.82) is 0 Å². The molecule has 0 saturated heterocycles. The van der Waals surface area contributed by atoms with Gasteiger partial charge < -0.3 is 19.3 Å². The SMILES string of the molecule is CCCCCCCC(O)CCC(=O)OCC(N=C=O)(OCc1ccccc1)C(=O)OCc1ccccc1. The van der Waals surface area contributed by atoms with Crippen LogP contribution in [0.15, 0.2) is 65.7 Å². The molecule has 0 amide bonds. The van der Waals surface area contributed by atoms with Gasteiger partial charge in [0.05, 0.1) is 12.7 Å². The average molecular weight is 512 g/mol. The van der Waals surface area contributed by atoms with Gasteiger partial charge in [-0.15, -0.1) is 0 Å². The Hall–Kier alpha value is -3.32. The first-order valence-electron chi connectivity index (χ1n) is 12.8. The third-order valence-electron chi connectivity index (χ3n) is 5.83. The lowest BCUT2D eigenvalue weighted by molar-refractivity contribution is -0.186. The van der Waals surface area contributed by atoms with Gasteiger partial charge in [-0.3, -0.25) is 4.79 Å². The van der Waals surface area contributed by atoms with Gasteiger partial charge in [0.2, 0.25) is 6.08 Å². The zero-order valence-corrected chi connectivity index (χ0v) is 21.5. The van der Waals surface area contributed by atoms with E-state index in [1.807, 2.05) is 12.1 Å². The van der Waals surface area contributed by atoms with Gasteiger partial charge in [-0.05, 0) is 24.0 Å². The number of hydrogen-bond donors (Lipinski definition) is 1. The summed E-state index contributed by atoms with van der Waals surface area (Å²) in [5.74, 6) is -1.62. The Morgan fingerprint density at radius 1 is 0.892 bits per heavy atom. The molecule has 2 aromatic rings. The molecule has 0 radical (unpaired) electrons. The van der Waals surface area contributed by atoms with Crippen LogP contribution in [-0.2, 0) is 41.8 Å². The summed E-state index contributed by atoms with van der Waals surface area (Å²) in [5.41, 5.74) is -0.763. The second-order valence-corrected chi connectivity index (χ2v) is 8.88. The highest BCUT2D eigenvalue weighted by Gasteiger charge is 2.44. The number of aliphatic imine (C=N–C) groups is 1. The fraction of sp³-hybridized carbons (Fsp3) is 0.483. The fourth-order valence-corrected chi connectivity index (χ4v) is 3.62. The fourth-order valence-electron chi connectivity index (χ4n) is 3.62. The molecule has 0 aliphatic rings. The van der Waals surface area contributed by atoms with Crippen LogP contribution in [0.3, 0.4) is 0 Å². The van der Waals surface area contributed by atoms with Gasteiger partial charge in [0.25, 0.3) is 0 Å². The van der Waals surface area contributed by atoms with Gasteiger partial charge in [-0.1, -0.05) is 99.7 Å². The van der Waals surface area contributed by atoms with Crippen molar-refractivity contribution < 1.29 is 33.7 Å². The van der Waals surface area contributed by atoms with Gasteiger partial charge >= 0.3 is 17.7 Å². The van der Waals surface area contributed by atoms with Gasteiger partial charge in [-0.25, -0.2) is 9.59 Å². The standard InChI is InChI=1S/C29H37NO7/c1-2-3-4-5-12-17-26(32)18-19-27(33)36-22-29(30-23-31,37-21-25-15-10-7-11-16-25)28(34)35-20-24-13-8-6-9-14-24/h6-11,13-16,26,32H,2-5,12,17-22H2,1H3. The van der Waals surface area contributed by atoms with Crippen molar-refractivity contribution in [1.82, 2.24) is 0 Å². The summed E-state index contributed by atoms with van der Waals surface area (Å²) in [5, 5.41) is 10.2. The molecule has 2 atom stereocenters. The molecule has 8 nitrogen and oxygen atoms in total. The molecule has 8 heteroatoms. The second kappa shape index (κ2) is 17.2. The molecule has 2 rings (SSSR count). The Balaban J connectivity index is 1.99. The van der Waals surface area contributed by atoms with Crippen LogP contribution in [0.1, 0.15) is 69.4 Å². The summed E-state index contributed by atoms with van der Waals surface area (Å²) in [4.78, 5) is 40.3. The van der Waals surface area contributed by atoms with Crippen molar-refractivity contribution in [2.45, 2.75) is 83.3 Å². The van der Waals surface area contributed by atoms with Crippen LogP contribution in [0.4, 0.5) is 0 Å². The molecule has 2 unspecified atom stereocenters. The molecule has 0 aromatic heterocycles. The van der Waals surface area contributed by atoms with E-state index in [-0.39, 0.29) is 26.1 Å². The molecule has 0 spiro atoms. The zero-order chi connectivity index (χ0) is 26.8. The van der Waals surface area contributed by atoms with Crippen molar-refractivity contribution in [3.05, 3.63) is 71.8 Å². The van der Waals surface area contributed by atoms with Crippen molar-refractivity contribution in [2.75, 3.05) is 6.61 Å². The highest BCUT2D eigenvalue weighted by molar-refractivity contribution is 5.81. The van der Waals surface area contributed by atoms with E-state index in [4.69, 9.17) is 14.2 Å². The molecule has 2 aromatic carbocycles. The Labute approximate surface area is 218 Å². The summed E-state index contributed by atoms with van der Waals surface area (Å²) < 4.78 is 16.4. The number of rotatable bonds is 18. The smallest absolute Gasteiger partial charge is 0.366 e. The Kier molecular flexibility index (Phi) is 13.9. The number of hydrogen-bond acceptors (Lipinski definition) is 8. The van der Waals surface area contributed by atoms with Crippen molar-refractivity contribution in [3.63, 3.8) is 0 Å². The maximum absolute atomic E-state index is 13.1. The van der Waals surface area contributed by atoms with Crippen LogP contribution in [0, 0.1) is 0 Å². The number of nitrogens with zero attached hydrogens (tertiary/aromatic N) is 1. The number of esters is 2. The molecular weight excluding hydrogens is 474 g/mol. The maximum Gasteiger partial charge on any atom is 0.366 e. The van der Waals surface area contributed by atoms with E-state index < -0.39 is 30.4 Å². The topological polar surface area (TPSA) is 111 Å².